The zero-order valence-corrected chi connectivity index (χ0v) is 12.4. The van der Waals surface area contributed by atoms with E-state index < -0.39 is 11.9 Å². The van der Waals surface area contributed by atoms with E-state index >= 15 is 0 Å². The maximum Gasteiger partial charge on any atom is 0.231 e. The predicted octanol–water partition coefficient (Wildman–Crippen LogP) is 3.03. The van der Waals surface area contributed by atoms with E-state index in [-0.39, 0.29) is 18.4 Å². The van der Waals surface area contributed by atoms with Gasteiger partial charge in [0.15, 0.2) is 11.5 Å². The number of ether oxygens (including phenoxy) is 2. The Balaban J connectivity index is 1.74. The molecule has 3 rings (SSSR count). The van der Waals surface area contributed by atoms with Crippen LogP contribution in [0.4, 0.5) is 4.39 Å². The Morgan fingerprint density at radius 2 is 2.14 bits per heavy atom. The second-order valence-electron chi connectivity index (χ2n) is 4.94. The molecule has 0 aromatic heterocycles. The maximum absolute atomic E-state index is 13.5. The Hall–Kier alpha value is -1.82. The lowest BCUT2D eigenvalue weighted by Crippen LogP contribution is -2.24. The molecule has 1 aliphatic heterocycles. The third kappa shape index (κ3) is 3.02. The van der Waals surface area contributed by atoms with Crippen LogP contribution in [0.5, 0.6) is 11.5 Å². The number of fused-ring (bicyclic) bond motifs is 1. The Morgan fingerprint density at radius 3 is 2.91 bits per heavy atom. The third-order valence-electron chi connectivity index (χ3n) is 3.55. The molecule has 0 aliphatic carbocycles. The van der Waals surface area contributed by atoms with Gasteiger partial charge in [-0.05, 0) is 23.8 Å². The van der Waals surface area contributed by atoms with Crippen molar-refractivity contribution in [1.82, 2.24) is 5.32 Å². The summed E-state index contributed by atoms with van der Waals surface area (Å²) in [6.45, 7) is 0.508. The molecule has 2 aromatic rings. The number of nitrogens with one attached hydrogen (secondary N) is 1. The van der Waals surface area contributed by atoms with E-state index in [0.717, 1.165) is 5.56 Å². The summed E-state index contributed by atoms with van der Waals surface area (Å²) in [6, 6.07) is 9.72. The lowest BCUT2D eigenvalue weighted by Gasteiger charge is -2.17. The van der Waals surface area contributed by atoms with Gasteiger partial charge in [-0.3, -0.25) is 0 Å². The van der Waals surface area contributed by atoms with Crippen molar-refractivity contribution in [3.8, 4) is 11.5 Å². The third-order valence-corrected chi connectivity index (χ3v) is 3.85. The number of para-hydroxylation sites is 1. The van der Waals surface area contributed by atoms with Gasteiger partial charge in [0.2, 0.25) is 6.79 Å². The molecule has 1 heterocycles. The molecule has 6 heteroatoms. The SMILES string of the molecule is OCC(NCc1cccc2c1OCO2)c1ccc(Cl)c(F)c1. The molecule has 0 fully saturated rings. The average Bonchev–Trinajstić information content (AvgIpc) is 3.00. The summed E-state index contributed by atoms with van der Waals surface area (Å²) in [4.78, 5) is 0. The molecule has 2 N–H and O–H groups in total. The average molecular weight is 324 g/mol. The van der Waals surface area contributed by atoms with Crippen molar-refractivity contribution in [2.24, 2.45) is 0 Å². The minimum atomic E-state index is -0.503. The Morgan fingerprint density at radius 1 is 1.27 bits per heavy atom. The van der Waals surface area contributed by atoms with E-state index in [4.69, 9.17) is 21.1 Å². The van der Waals surface area contributed by atoms with Gasteiger partial charge in [0, 0.05) is 12.1 Å². The predicted molar refractivity (Wildman–Crippen MR) is 80.6 cm³/mol. The van der Waals surface area contributed by atoms with Gasteiger partial charge in [-0.15, -0.1) is 0 Å². The summed E-state index contributed by atoms with van der Waals surface area (Å²) >= 11 is 5.68. The highest BCUT2D eigenvalue weighted by molar-refractivity contribution is 6.30. The highest BCUT2D eigenvalue weighted by Crippen LogP contribution is 2.35. The van der Waals surface area contributed by atoms with Gasteiger partial charge in [-0.25, -0.2) is 4.39 Å². The van der Waals surface area contributed by atoms with Crippen LogP contribution < -0.4 is 14.8 Å². The van der Waals surface area contributed by atoms with Crippen LogP contribution in [0.15, 0.2) is 36.4 Å². The van der Waals surface area contributed by atoms with Crippen LogP contribution in [-0.2, 0) is 6.54 Å². The topological polar surface area (TPSA) is 50.7 Å². The normalized spacial score (nSPS) is 14.1. The Bertz CT molecular complexity index is 680. The summed E-state index contributed by atoms with van der Waals surface area (Å²) in [5.41, 5.74) is 1.55. The fourth-order valence-electron chi connectivity index (χ4n) is 2.38. The molecule has 0 spiro atoms. The molecule has 0 bridgehead atoms. The van der Waals surface area contributed by atoms with Crippen molar-refractivity contribution in [3.05, 3.63) is 58.4 Å². The number of halogens is 2. The van der Waals surface area contributed by atoms with E-state index in [1.165, 1.54) is 12.1 Å². The molecule has 4 nitrogen and oxygen atoms in total. The van der Waals surface area contributed by atoms with E-state index in [0.29, 0.717) is 23.6 Å². The quantitative estimate of drug-likeness (QED) is 0.888. The second-order valence-corrected chi connectivity index (χ2v) is 5.35. The van der Waals surface area contributed by atoms with E-state index in [1.54, 1.807) is 6.07 Å². The van der Waals surface area contributed by atoms with Gasteiger partial charge >= 0.3 is 0 Å². The van der Waals surface area contributed by atoms with Gasteiger partial charge in [0.1, 0.15) is 5.82 Å². The molecular formula is C16H15ClFNO3. The van der Waals surface area contributed by atoms with Gasteiger partial charge in [0.25, 0.3) is 0 Å². The van der Waals surface area contributed by atoms with Crippen molar-refractivity contribution in [3.63, 3.8) is 0 Å². The van der Waals surface area contributed by atoms with Crippen molar-refractivity contribution >= 4 is 11.6 Å². The van der Waals surface area contributed by atoms with Crippen LogP contribution in [0.3, 0.4) is 0 Å². The second kappa shape index (κ2) is 6.52. The van der Waals surface area contributed by atoms with Gasteiger partial charge in [0.05, 0.1) is 17.7 Å². The minimum absolute atomic E-state index is 0.0619. The van der Waals surface area contributed by atoms with Crippen LogP contribution >= 0.6 is 11.6 Å². The zero-order valence-electron chi connectivity index (χ0n) is 11.7. The molecule has 1 atom stereocenters. The summed E-state index contributed by atoms with van der Waals surface area (Å²) in [7, 11) is 0. The summed E-state index contributed by atoms with van der Waals surface area (Å²) in [5, 5.41) is 12.8. The van der Waals surface area contributed by atoms with Crippen molar-refractivity contribution < 1.29 is 19.0 Å². The van der Waals surface area contributed by atoms with Crippen LogP contribution in [0, 0.1) is 5.82 Å². The molecule has 0 saturated heterocycles. The number of hydrogen-bond donors (Lipinski definition) is 2. The monoisotopic (exact) mass is 323 g/mol. The van der Waals surface area contributed by atoms with Crippen molar-refractivity contribution in [2.45, 2.75) is 12.6 Å². The van der Waals surface area contributed by atoms with Gasteiger partial charge in [-0.2, -0.15) is 0 Å². The molecule has 2 aromatic carbocycles. The van der Waals surface area contributed by atoms with Gasteiger partial charge < -0.3 is 19.9 Å². The highest BCUT2D eigenvalue weighted by Gasteiger charge is 2.18. The zero-order chi connectivity index (χ0) is 15.5. The molecular weight excluding hydrogens is 309 g/mol. The molecule has 1 unspecified atom stereocenters. The van der Waals surface area contributed by atoms with Crippen LogP contribution in [0.25, 0.3) is 0 Å². The largest absolute Gasteiger partial charge is 0.454 e. The molecule has 0 radical (unpaired) electrons. The Kier molecular flexibility index (Phi) is 4.47. The highest BCUT2D eigenvalue weighted by atomic mass is 35.5. The van der Waals surface area contributed by atoms with Crippen LogP contribution in [0.2, 0.25) is 5.02 Å². The minimum Gasteiger partial charge on any atom is -0.454 e. The van der Waals surface area contributed by atoms with Crippen molar-refractivity contribution in [1.29, 1.82) is 0 Å². The summed E-state index contributed by atoms with van der Waals surface area (Å²) in [5.74, 6) is 0.906. The molecule has 116 valence electrons. The fourth-order valence-corrected chi connectivity index (χ4v) is 2.50. The maximum atomic E-state index is 13.5. The molecule has 0 amide bonds. The van der Waals surface area contributed by atoms with E-state index in [2.05, 4.69) is 5.32 Å². The molecule has 0 saturated carbocycles. The first-order valence-corrected chi connectivity index (χ1v) is 7.23. The number of aliphatic hydroxyl groups is 1. The lowest BCUT2D eigenvalue weighted by atomic mass is 10.1. The van der Waals surface area contributed by atoms with Crippen LogP contribution in [-0.4, -0.2) is 18.5 Å². The first-order valence-electron chi connectivity index (χ1n) is 6.85. The first-order chi connectivity index (χ1) is 10.7. The number of rotatable bonds is 5. The Labute approximate surface area is 132 Å². The molecule has 1 aliphatic rings. The molecule has 22 heavy (non-hydrogen) atoms. The van der Waals surface area contributed by atoms with E-state index in [9.17, 15) is 9.50 Å². The fraction of sp³-hybridized carbons (Fsp3) is 0.250. The number of benzene rings is 2. The van der Waals surface area contributed by atoms with Crippen molar-refractivity contribution in [2.75, 3.05) is 13.4 Å². The number of aliphatic hydroxyl groups excluding tert-OH is 1. The number of hydrogen-bond acceptors (Lipinski definition) is 4. The summed E-state index contributed by atoms with van der Waals surface area (Å²) < 4.78 is 24.3. The van der Waals surface area contributed by atoms with E-state index in [1.807, 2.05) is 18.2 Å². The lowest BCUT2D eigenvalue weighted by molar-refractivity contribution is 0.173. The smallest absolute Gasteiger partial charge is 0.231 e. The van der Waals surface area contributed by atoms with Gasteiger partial charge in [-0.1, -0.05) is 29.8 Å². The van der Waals surface area contributed by atoms with Crippen LogP contribution in [0.1, 0.15) is 17.2 Å². The summed E-state index contributed by atoms with van der Waals surface area (Å²) in [6.07, 6.45) is 0. The standard InChI is InChI=1S/C16H15ClFNO3/c17-12-5-4-10(6-13(12)18)14(8-20)19-7-11-2-1-3-15-16(11)22-9-21-15/h1-6,14,19-20H,7-9H2. The first kappa shape index (κ1) is 15.1.